The van der Waals surface area contributed by atoms with Gasteiger partial charge in [-0.25, -0.2) is 0 Å². The van der Waals surface area contributed by atoms with Crippen LogP contribution in [0.4, 0.5) is 5.69 Å². The molecule has 2 fully saturated rings. The molecule has 0 radical (unpaired) electrons. The summed E-state index contributed by atoms with van der Waals surface area (Å²) in [5, 5.41) is 3.71. The number of nitrogens with one attached hydrogen (secondary N) is 1. The number of carbonyl (C=O) groups is 1. The molecule has 1 aromatic carbocycles. The summed E-state index contributed by atoms with van der Waals surface area (Å²) in [5.41, 5.74) is 1.17. The summed E-state index contributed by atoms with van der Waals surface area (Å²) in [4.78, 5) is 16.8. The minimum Gasteiger partial charge on any atom is -0.455 e. The van der Waals surface area contributed by atoms with Gasteiger partial charge in [0.1, 0.15) is 5.76 Å². The molecule has 2 aromatic rings. The summed E-state index contributed by atoms with van der Waals surface area (Å²) < 4.78 is 5.74. The Hall–Kier alpha value is -1.98. The van der Waals surface area contributed by atoms with Crippen molar-refractivity contribution in [3.8, 4) is 0 Å². The zero-order valence-electron chi connectivity index (χ0n) is 14.8. The van der Waals surface area contributed by atoms with Gasteiger partial charge in [0.05, 0.1) is 6.54 Å². The molecule has 2 aliphatic rings. The second kappa shape index (κ2) is 7.72. The van der Waals surface area contributed by atoms with Crippen LogP contribution in [0.5, 0.6) is 0 Å². The number of rotatable bonds is 6. The number of nitrogens with zero attached hydrogens (tertiary/aromatic N) is 2. The molecule has 0 atom stereocenters. The fraction of sp³-hybridized carbons (Fsp3) is 0.450. The van der Waals surface area contributed by atoms with Crippen LogP contribution in [0.2, 0.25) is 5.02 Å². The molecule has 1 saturated heterocycles. The molecule has 5 nitrogen and oxygen atoms in total. The molecule has 1 N–H and O–H groups in total. The Labute approximate surface area is 158 Å². The van der Waals surface area contributed by atoms with E-state index in [1.807, 2.05) is 24.3 Å². The number of furan rings is 1. The minimum absolute atomic E-state index is 0.103. The Bertz CT molecular complexity index is 764. The molecule has 6 heteroatoms. The molecule has 26 heavy (non-hydrogen) atoms. The Morgan fingerprint density at radius 1 is 1.15 bits per heavy atom. The van der Waals surface area contributed by atoms with Crippen LogP contribution in [0.3, 0.4) is 0 Å². The highest BCUT2D eigenvalue weighted by molar-refractivity contribution is 6.30. The van der Waals surface area contributed by atoms with Gasteiger partial charge < -0.3 is 14.6 Å². The minimum atomic E-state index is -0.103. The van der Waals surface area contributed by atoms with Crippen LogP contribution in [0.15, 0.2) is 40.8 Å². The maximum absolute atomic E-state index is 12.1. The number of halogens is 1. The summed E-state index contributed by atoms with van der Waals surface area (Å²) in [6.07, 6.45) is 2.45. The average Bonchev–Trinajstić information content (AvgIpc) is 3.37. The van der Waals surface area contributed by atoms with E-state index < -0.39 is 0 Å². The third-order valence-corrected chi connectivity index (χ3v) is 5.29. The molecule has 138 valence electrons. The van der Waals surface area contributed by atoms with Crippen molar-refractivity contribution in [3.05, 3.63) is 52.9 Å². The summed E-state index contributed by atoms with van der Waals surface area (Å²) >= 11 is 6.09. The lowest BCUT2D eigenvalue weighted by molar-refractivity contribution is 0.0920. The monoisotopic (exact) mass is 373 g/mol. The maximum Gasteiger partial charge on any atom is 0.287 e. The SMILES string of the molecule is O=C(NCC1CC1)c1ccc(CN2CCN(c3cccc(Cl)c3)CC2)o1. The topological polar surface area (TPSA) is 48.7 Å². The number of carbonyl (C=O) groups excluding carboxylic acids is 1. The first-order chi connectivity index (χ1) is 12.7. The normalized spacial score (nSPS) is 18.1. The van der Waals surface area contributed by atoms with Gasteiger partial charge in [-0.05, 0) is 49.1 Å². The van der Waals surface area contributed by atoms with Crippen molar-refractivity contribution in [1.29, 1.82) is 0 Å². The molecule has 0 unspecified atom stereocenters. The van der Waals surface area contributed by atoms with Gasteiger partial charge in [-0.3, -0.25) is 9.69 Å². The van der Waals surface area contributed by atoms with Crippen LogP contribution in [-0.4, -0.2) is 43.5 Å². The molecule has 1 aliphatic heterocycles. The molecule has 0 spiro atoms. The fourth-order valence-corrected chi connectivity index (χ4v) is 3.47. The molecule has 1 aliphatic carbocycles. The molecular formula is C20H24ClN3O2. The lowest BCUT2D eigenvalue weighted by atomic mass is 10.2. The van der Waals surface area contributed by atoms with Crippen molar-refractivity contribution in [2.75, 3.05) is 37.6 Å². The van der Waals surface area contributed by atoms with Crippen LogP contribution < -0.4 is 10.2 Å². The van der Waals surface area contributed by atoms with Crippen LogP contribution >= 0.6 is 11.6 Å². The van der Waals surface area contributed by atoms with Crippen molar-refractivity contribution in [3.63, 3.8) is 0 Å². The maximum atomic E-state index is 12.1. The number of hydrogen-bond donors (Lipinski definition) is 1. The Kier molecular flexibility index (Phi) is 5.18. The van der Waals surface area contributed by atoms with E-state index in [9.17, 15) is 4.79 Å². The second-order valence-corrected chi connectivity index (χ2v) is 7.60. The predicted octanol–water partition coefficient (Wildman–Crippen LogP) is 3.40. The number of anilines is 1. The molecule has 1 amide bonds. The second-order valence-electron chi connectivity index (χ2n) is 7.16. The first-order valence-electron chi connectivity index (χ1n) is 9.27. The van der Waals surface area contributed by atoms with E-state index in [1.54, 1.807) is 6.07 Å². The molecule has 0 bridgehead atoms. The molecule has 1 saturated carbocycles. The smallest absolute Gasteiger partial charge is 0.287 e. The molecule has 1 aromatic heterocycles. The number of piperazine rings is 1. The van der Waals surface area contributed by atoms with Crippen molar-refractivity contribution >= 4 is 23.2 Å². The Morgan fingerprint density at radius 3 is 2.69 bits per heavy atom. The van der Waals surface area contributed by atoms with Gasteiger partial charge in [-0.2, -0.15) is 0 Å². The van der Waals surface area contributed by atoms with E-state index >= 15 is 0 Å². The highest BCUT2D eigenvalue weighted by Crippen LogP contribution is 2.27. The third kappa shape index (κ3) is 4.40. The Morgan fingerprint density at radius 2 is 1.96 bits per heavy atom. The standard InChI is InChI=1S/C20H24ClN3O2/c21-16-2-1-3-17(12-16)24-10-8-23(9-11-24)14-18-6-7-19(26-18)20(25)22-13-15-4-5-15/h1-3,6-7,12,15H,4-5,8-11,13-14H2,(H,22,25). The lowest BCUT2D eigenvalue weighted by Crippen LogP contribution is -2.45. The van der Waals surface area contributed by atoms with Gasteiger partial charge in [0, 0.05) is 43.4 Å². The van der Waals surface area contributed by atoms with Gasteiger partial charge in [0.15, 0.2) is 5.76 Å². The van der Waals surface area contributed by atoms with E-state index in [-0.39, 0.29) is 5.91 Å². The van der Waals surface area contributed by atoms with E-state index in [4.69, 9.17) is 16.0 Å². The first-order valence-corrected chi connectivity index (χ1v) is 9.65. The lowest BCUT2D eigenvalue weighted by Gasteiger charge is -2.35. The Balaban J connectivity index is 1.27. The number of benzene rings is 1. The summed E-state index contributed by atoms with van der Waals surface area (Å²) in [5.74, 6) is 1.83. The molecular weight excluding hydrogens is 350 g/mol. The summed E-state index contributed by atoms with van der Waals surface area (Å²) in [6, 6.07) is 11.7. The number of amides is 1. The van der Waals surface area contributed by atoms with Gasteiger partial charge >= 0.3 is 0 Å². The zero-order valence-corrected chi connectivity index (χ0v) is 15.5. The van der Waals surface area contributed by atoms with Crippen LogP contribution in [-0.2, 0) is 6.54 Å². The van der Waals surface area contributed by atoms with Crippen molar-refractivity contribution < 1.29 is 9.21 Å². The average molecular weight is 374 g/mol. The van der Waals surface area contributed by atoms with E-state index in [0.717, 1.165) is 50.1 Å². The molecule has 4 rings (SSSR count). The van der Waals surface area contributed by atoms with E-state index in [1.165, 1.54) is 18.5 Å². The van der Waals surface area contributed by atoms with E-state index in [0.29, 0.717) is 11.7 Å². The van der Waals surface area contributed by atoms with Crippen molar-refractivity contribution in [1.82, 2.24) is 10.2 Å². The van der Waals surface area contributed by atoms with Gasteiger partial charge in [0.2, 0.25) is 0 Å². The highest BCUT2D eigenvalue weighted by Gasteiger charge is 2.23. The summed E-state index contributed by atoms with van der Waals surface area (Å²) in [7, 11) is 0. The largest absolute Gasteiger partial charge is 0.455 e. The highest BCUT2D eigenvalue weighted by atomic mass is 35.5. The number of hydrogen-bond acceptors (Lipinski definition) is 4. The quantitative estimate of drug-likeness (QED) is 0.843. The van der Waals surface area contributed by atoms with Crippen LogP contribution in [0.25, 0.3) is 0 Å². The van der Waals surface area contributed by atoms with Crippen molar-refractivity contribution in [2.24, 2.45) is 5.92 Å². The third-order valence-electron chi connectivity index (χ3n) is 5.06. The van der Waals surface area contributed by atoms with Crippen LogP contribution in [0, 0.1) is 5.92 Å². The van der Waals surface area contributed by atoms with Crippen molar-refractivity contribution in [2.45, 2.75) is 19.4 Å². The molecule has 2 heterocycles. The van der Waals surface area contributed by atoms with Gasteiger partial charge in [-0.1, -0.05) is 17.7 Å². The predicted molar refractivity (Wildman–Crippen MR) is 103 cm³/mol. The zero-order chi connectivity index (χ0) is 17.9. The fourth-order valence-electron chi connectivity index (χ4n) is 3.29. The van der Waals surface area contributed by atoms with Gasteiger partial charge in [0.25, 0.3) is 5.91 Å². The van der Waals surface area contributed by atoms with E-state index in [2.05, 4.69) is 21.2 Å². The summed E-state index contributed by atoms with van der Waals surface area (Å²) in [6.45, 7) is 5.32. The first kappa shape index (κ1) is 17.4. The van der Waals surface area contributed by atoms with Crippen LogP contribution in [0.1, 0.15) is 29.2 Å². The van der Waals surface area contributed by atoms with Gasteiger partial charge in [-0.15, -0.1) is 0 Å².